The number of hydrogen-bond acceptors (Lipinski definition) is 2. The van der Waals surface area contributed by atoms with Crippen LogP contribution < -0.4 is 5.73 Å². The first kappa shape index (κ1) is 9.39. The fraction of sp³-hybridized carbons (Fsp3) is 0. The molecule has 1 amide bonds. The van der Waals surface area contributed by atoms with Crippen molar-refractivity contribution in [3.63, 3.8) is 0 Å². The van der Waals surface area contributed by atoms with Crippen molar-refractivity contribution in [3.05, 3.63) is 30.1 Å². The summed E-state index contributed by atoms with van der Waals surface area (Å²) >= 11 is 0. The Morgan fingerprint density at radius 3 is 2.50 bits per heavy atom. The van der Waals surface area contributed by atoms with Gasteiger partial charge in [-0.1, -0.05) is 6.07 Å². The standard InChI is InChI=1S/C6H6N2O.Mg/c7-6(9)5-3-1-2-4-8-5;/h1-4H,(H2,7,9);. The number of amides is 1. The highest BCUT2D eigenvalue weighted by Crippen LogP contribution is 1.88. The van der Waals surface area contributed by atoms with Gasteiger partial charge in [-0.25, -0.2) is 0 Å². The number of hydrogen-bond donors (Lipinski definition) is 1. The lowest BCUT2D eigenvalue weighted by molar-refractivity contribution is 0.0995. The van der Waals surface area contributed by atoms with Crippen LogP contribution in [0, 0.1) is 0 Å². The van der Waals surface area contributed by atoms with Crippen molar-refractivity contribution in [2.75, 3.05) is 0 Å². The van der Waals surface area contributed by atoms with Crippen LogP contribution in [0.5, 0.6) is 0 Å². The minimum Gasteiger partial charge on any atom is -0.364 e. The molecule has 0 saturated carbocycles. The Bertz CT molecular complexity index is 212. The number of pyridine rings is 1. The summed E-state index contributed by atoms with van der Waals surface area (Å²) in [6.07, 6.45) is 1.53. The summed E-state index contributed by atoms with van der Waals surface area (Å²) in [6, 6.07) is 5.02. The van der Waals surface area contributed by atoms with E-state index in [1.807, 2.05) is 0 Å². The second-order valence-electron chi connectivity index (χ2n) is 1.58. The Labute approximate surface area is 74.8 Å². The third-order valence-corrected chi connectivity index (χ3v) is 0.917. The Balaban J connectivity index is 0.000000810. The summed E-state index contributed by atoms with van der Waals surface area (Å²) in [4.78, 5) is 14.1. The number of nitrogens with zero attached hydrogens (tertiary/aromatic N) is 1. The van der Waals surface area contributed by atoms with Gasteiger partial charge in [-0.3, -0.25) is 9.78 Å². The molecule has 0 atom stereocenters. The van der Waals surface area contributed by atoms with E-state index in [1.54, 1.807) is 18.2 Å². The Morgan fingerprint density at radius 1 is 1.50 bits per heavy atom. The van der Waals surface area contributed by atoms with Crippen molar-refractivity contribution in [3.8, 4) is 0 Å². The number of primary amides is 1. The van der Waals surface area contributed by atoms with E-state index in [4.69, 9.17) is 5.73 Å². The monoisotopic (exact) mass is 146 g/mol. The normalized spacial score (nSPS) is 8.00. The molecule has 2 radical (unpaired) electrons. The van der Waals surface area contributed by atoms with Gasteiger partial charge < -0.3 is 5.73 Å². The van der Waals surface area contributed by atoms with Crippen LogP contribution in [-0.4, -0.2) is 33.9 Å². The topological polar surface area (TPSA) is 56.0 Å². The minimum absolute atomic E-state index is 0. The highest BCUT2D eigenvalue weighted by Gasteiger charge is 1.95. The summed E-state index contributed by atoms with van der Waals surface area (Å²) in [6.45, 7) is 0. The van der Waals surface area contributed by atoms with Gasteiger partial charge in [0.1, 0.15) is 5.69 Å². The Kier molecular flexibility index (Phi) is 3.98. The molecule has 0 saturated heterocycles. The van der Waals surface area contributed by atoms with Crippen LogP contribution in [0.2, 0.25) is 0 Å². The van der Waals surface area contributed by atoms with Gasteiger partial charge in [-0.15, -0.1) is 0 Å². The average Bonchev–Trinajstić information content (AvgIpc) is 1.90. The number of aromatic nitrogens is 1. The fourth-order valence-corrected chi connectivity index (χ4v) is 0.509. The maximum atomic E-state index is 10.4. The van der Waals surface area contributed by atoms with E-state index < -0.39 is 5.91 Å². The summed E-state index contributed by atoms with van der Waals surface area (Å²) in [5.41, 5.74) is 5.22. The molecule has 48 valence electrons. The Morgan fingerprint density at radius 2 is 2.20 bits per heavy atom. The molecule has 0 aliphatic rings. The molecule has 3 nitrogen and oxygen atoms in total. The van der Waals surface area contributed by atoms with Crippen LogP contribution in [0.4, 0.5) is 0 Å². The highest BCUT2D eigenvalue weighted by molar-refractivity contribution is 5.90. The molecule has 1 aromatic rings. The SMILES string of the molecule is NC(=O)c1ccccn1.[Mg]. The van der Waals surface area contributed by atoms with E-state index >= 15 is 0 Å². The van der Waals surface area contributed by atoms with Gasteiger partial charge in [0, 0.05) is 29.2 Å². The van der Waals surface area contributed by atoms with Crippen LogP contribution in [0.15, 0.2) is 24.4 Å². The summed E-state index contributed by atoms with van der Waals surface area (Å²) < 4.78 is 0. The predicted molar refractivity (Wildman–Crippen MR) is 38.5 cm³/mol. The maximum absolute atomic E-state index is 10.4. The van der Waals surface area contributed by atoms with Crippen LogP contribution in [0.1, 0.15) is 10.5 Å². The molecule has 0 aromatic carbocycles. The minimum atomic E-state index is -0.490. The van der Waals surface area contributed by atoms with Crippen LogP contribution in [0.3, 0.4) is 0 Å². The summed E-state index contributed by atoms with van der Waals surface area (Å²) in [7, 11) is 0. The van der Waals surface area contributed by atoms with Crippen molar-refractivity contribution < 1.29 is 4.79 Å². The lowest BCUT2D eigenvalue weighted by Crippen LogP contribution is -2.12. The molecule has 4 heteroatoms. The van der Waals surface area contributed by atoms with Crippen LogP contribution >= 0.6 is 0 Å². The molecule has 0 aliphatic carbocycles. The van der Waals surface area contributed by atoms with Gasteiger partial charge in [0.25, 0.3) is 5.91 Å². The van der Waals surface area contributed by atoms with Gasteiger partial charge in [0.05, 0.1) is 0 Å². The molecule has 2 N–H and O–H groups in total. The van der Waals surface area contributed by atoms with Crippen molar-refractivity contribution in [2.45, 2.75) is 0 Å². The first-order valence-electron chi connectivity index (χ1n) is 2.51. The van der Waals surface area contributed by atoms with E-state index in [-0.39, 0.29) is 23.1 Å². The molecule has 0 bridgehead atoms. The average molecular weight is 146 g/mol. The van der Waals surface area contributed by atoms with Gasteiger partial charge in [-0.2, -0.15) is 0 Å². The zero-order chi connectivity index (χ0) is 6.69. The van der Waals surface area contributed by atoms with E-state index in [1.165, 1.54) is 6.20 Å². The van der Waals surface area contributed by atoms with Gasteiger partial charge >= 0.3 is 0 Å². The van der Waals surface area contributed by atoms with Crippen molar-refractivity contribution in [1.29, 1.82) is 0 Å². The zero-order valence-electron chi connectivity index (χ0n) is 5.45. The number of carbonyl (C=O) groups is 1. The number of rotatable bonds is 1. The number of carbonyl (C=O) groups excluding carboxylic acids is 1. The quantitative estimate of drug-likeness (QED) is 0.558. The van der Waals surface area contributed by atoms with E-state index in [2.05, 4.69) is 4.98 Å². The molecule has 1 rings (SSSR count). The van der Waals surface area contributed by atoms with Crippen LogP contribution in [-0.2, 0) is 0 Å². The molecule has 0 aliphatic heterocycles. The zero-order valence-corrected chi connectivity index (χ0v) is 6.86. The first-order valence-corrected chi connectivity index (χ1v) is 2.51. The second-order valence-corrected chi connectivity index (χ2v) is 1.58. The lowest BCUT2D eigenvalue weighted by atomic mass is 10.3. The van der Waals surface area contributed by atoms with Gasteiger partial charge in [0.2, 0.25) is 0 Å². The maximum Gasteiger partial charge on any atom is 0.267 e. The first-order chi connectivity index (χ1) is 4.30. The van der Waals surface area contributed by atoms with Gasteiger partial charge in [-0.05, 0) is 12.1 Å². The van der Waals surface area contributed by atoms with Crippen molar-refractivity contribution in [2.24, 2.45) is 5.73 Å². The molecule has 0 spiro atoms. The Hall–Kier alpha value is -0.614. The largest absolute Gasteiger partial charge is 0.364 e. The third kappa shape index (κ3) is 2.32. The van der Waals surface area contributed by atoms with Gasteiger partial charge in [0.15, 0.2) is 0 Å². The second kappa shape index (κ2) is 4.24. The third-order valence-electron chi connectivity index (χ3n) is 0.917. The predicted octanol–water partition coefficient (Wildman–Crippen LogP) is -0.200. The lowest BCUT2D eigenvalue weighted by Gasteiger charge is -1.88. The van der Waals surface area contributed by atoms with Crippen LogP contribution in [0.25, 0.3) is 0 Å². The molecular formula is C6H6MgN2O. The summed E-state index contributed by atoms with van der Waals surface area (Å²) in [5.74, 6) is -0.490. The van der Waals surface area contributed by atoms with Crippen molar-refractivity contribution >= 4 is 29.0 Å². The summed E-state index contributed by atoms with van der Waals surface area (Å²) in [5, 5.41) is 0. The molecule has 0 fully saturated rings. The smallest absolute Gasteiger partial charge is 0.267 e. The molecule has 1 aromatic heterocycles. The molecule has 1 heterocycles. The molecular weight excluding hydrogens is 140 g/mol. The fourth-order valence-electron chi connectivity index (χ4n) is 0.509. The molecule has 10 heavy (non-hydrogen) atoms. The highest BCUT2D eigenvalue weighted by atomic mass is 24.3. The van der Waals surface area contributed by atoms with E-state index in [0.29, 0.717) is 5.69 Å². The van der Waals surface area contributed by atoms with E-state index in [0.717, 1.165) is 0 Å². The molecule has 0 unspecified atom stereocenters. The van der Waals surface area contributed by atoms with E-state index in [9.17, 15) is 4.79 Å². The number of nitrogens with two attached hydrogens (primary N) is 1. The van der Waals surface area contributed by atoms with Crippen molar-refractivity contribution in [1.82, 2.24) is 4.98 Å².